The van der Waals surface area contributed by atoms with Crippen molar-refractivity contribution in [3.8, 4) is 0 Å². The van der Waals surface area contributed by atoms with Crippen LogP contribution in [0, 0.1) is 6.92 Å². The number of nitrogens with zero attached hydrogens (tertiary/aromatic N) is 3. The van der Waals surface area contributed by atoms with Gasteiger partial charge < -0.3 is 4.90 Å². The zero-order valence-corrected chi connectivity index (χ0v) is 22.0. The van der Waals surface area contributed by atoms with E-state index in [0.717, 1.165) is 13.0 Å². The molecule has 2 aliphatic rings. The molecule has 0 bridgehead atoms. The van der Waals surface area contributed by atoms with Gasteiger partial charge in [0, 0.05) is 42.6 Å². The maximum absolute atomic E-state index is 13.3. The average Bonchev–Trinajstić information content (AvgIpc) is 3.34. The molecule has 9 heteroatoms. The lowest BCUT2D eigenvalue weighted by Gasteiger charge is -2.39. The largest absolute Gasteiger partial charge is 0.339 e. The molecule has 1 fully saturated rings. The molecule has 0 radical (unpaired) electrons. The molecule has 0 spiro atoms. The maximum Gasteiger partial charge on any atom is 0.243 e. The Morgan fingerprint density at radius 2 is 1.69 bits per heavy atom. The number of carbonyl (C=O) groups is 1. The van der Waals surface area contributed by atoms with Gasteiger partial charge in [0.05, 0.1) is 17.5 Å². The van der Waals surface area contributed by atoms with Gasteiger partial charge in [-0.3, -0.25) is 9.69 Å². The minimum Gasteiger partial charge on any atom is -0.339 e. The number of piperazine rings is 1. The van der Waals surface area contributed by atoms with Crippen LogP contribution >= 0.6 is 22.9 Å². The number of thiophene rings is 1. The third-order valence-electron chi connectivity index (χ3n) is 6.93. The molecule has 2 aliphatic heterocycles. The molecule has 3 heterocycles. The normalized spacial score (nSPS) is 19.5. The quantitative estimate of drug-likeness (QED) is 0.497. The summed E-state index contributed by atoms with van der Waals surface area (Å²) in [5.74, 6) is 0.0470. The van der Waals surface area contributed by atoms with E-state index in [2.05, 4.69) is 41.5 Å². The first-order valence-corrected chi connectivity index (χ1v) is 14.4. The summed E-state index contributed by atoms with van der Waals surface area (Å²) in [5, 5.41) is 2.64. The van der Waals surface area contributed by atoms with E-state index in [1.54, 1.807) is 28.4 Å². The smallest absolute Gasteiger partial charge is 0.243 e. The maximum atomic E-state index is 13.3. The van der Waals surface area contributed by atoms with Crippen LogP contribution in [-0.4, -0.2) is 67.7 Å². The monoisotopic (exact) mass is 529 g/mol. The Bertz CT molecular complexity index is 1320. The second-order valence-electron chi connectivity index (χ2n) is 9.02. The molecule has 1 unspecified atom stereocenters. The molecule has 1 atom stereocenters. The van der Waals surface area contributed by atoms with Gasteiger partial charge in [-0.1, -0.05) is 35.9 Å². The van der Waals surface area contributed by atoms with Gasteiger partial charge in [-0.25, -0.2) is 8.42 Å². The fourth-order valence-electron chi connectivity index (χ4n) is 5.00. The van der Waals surface area contributed by atoms with Gasteiger partial charge in [0.15, 0.2) is 0 Å². The van der Waals surface area contributed by atoms with Crippen molar-refractivity contribution < 1.29 is 13.2 Å². The summed E-state index contributed by atoms with van der Waals surface area (Å²) in [6, 6.07) is 16.8. The third kappa shape index (κ3) is 4.90. The predicted octanol–water partition coefficient (Wildman–Crippen LogP) is 4.19. The molecule has 6 nitrogen and oxygen atoms in total. The van der Waals surface area contributed by atoms with Crippen LogP contribution in [0.2, 0.25) is 5.02 Å². The van der Waals surface area contributed by atoms with E-state index < -0.39 is 10.0 Å². The third-order valence-corrected chi connectivity index (χ3v) is 10.1. The van der Waals surface area contributed by atoms with Crippen LogP contribution < -0.4 is 0 Å². The number of halogens is 1. The number of rotatable bonds is 5. The Hall–Kier alpha value is -2.23. The van der Waals surface area contributed by atoms with E-state index in [1.165, 1.54) is 38.0 Å². The number of amides is 1. The fraction of sp³-hybridized carbons (Fsp3) is 0.346. The lowest BCUT2D eigenvalue weighted by atomic mass is 9.90. The van der Waals surface area contributed by atoms with Gasteiger partial charge in [-0.05, 0) is 65.7 Å². The molecular formula is C26H28ClN3O3S2. The highest BCUT2D eigenvalue weighted by molar-refractivity contribution is 7.89. The van der Waals surface area contributed by atoms with Crippen molar-refractivity contribution in [2.24, 2.45) is 0 Å². The Balaban J connectivity index is 1.28. The van der Waals surface area contributed by atoms with Crippen molar-refractivity contribution in [3.05, 3.63) is 86.6 Å². The first-order chi connectivity index (χ1) is 16.8. The number of hydrogen-bond donors (Lipinski definition) is 0. The first kappa shape index (κ1) is 24.5. The molecule has 3 aromatic rings. The Labute approximate surface area is 215 Å². The van der Waals surface area contributed by atoms with Crippen molar-refractivity contribution in [1.29, 1.82) is 0 Å². The molecule has 0 saturated carbocycles. The molecule has 1 saturated heterocycles. The van der Waals surface area contributed by atoms with E-state index in [1.807, 2.05) is 6.07 Å². The van der Waals surface area contributed by atoms with E-state index in [9.17, 15) is 13.2 Å². The highest BCUT2D eigenvalue weighted by Crippen LogP contribution is 2.38. The molecule has 0 N–H and O–H groups in total. The van der Waals surface area contributed by atoms with Gasteiger partial charge in [-0.2, -0.15) is 4.31 Å². The van der Waals surface area contributed by atoms with Crippen molar-refractivity contribution in [3.63, 3.8) is 0 Å². The summed E-state index contributed by atoms with van der Waals surface area (Å²) in [6.45, 7) is 4.60. The predicted molar refractivity (Wildman–Crippen MR) is 139 cm³/mol. The SMILES string of the molecule is Cc1ccccc1C1c2ccsc2CCN1CC(=O)N1CCN(S(=O)(=O)c2ccc(Cl)cc2)CC1. The van der Waals surface area contributed by atoms with Gasteiger partial charge >= 0.3 is 0 Å². The number of sulfonamides is 1. The molecule has 1 aromatic heterocycles. The Morgan fingerprint density at radius 3 is 2.40 bits per heavy atom. The molecule has 0 aliphatic carbocycles. The Kier molecular flexibility index (Phi) is 7.01. The summed E-state index contributed by atoms with van der Waals surface area (Å²) >= 11 is 7.69. The zero-order chi connectivity index (χ0) is 24.6. The average molecular weight is 530 g/mol. The summed E-state index contributed by atoms with van der Waals surface area (Å²) in [5.41, 5.74) is 3.75. The molecule has 184 valence electrons. The second-order valence-corrected chi connectivity index (χ2v) is 12.4. The molecule has 2 aromatic carbocycles. The minimum atomic E-state index is -3.60. The number of benzene rings is 2. The summed E-state index contributed by atoms with van der Waals surface area (Å²) < 4.78 is 27.4. The highest BCUT2D eigenvalue weighted by atomic mass is 35.5. The fourth-order valence-corrected chi connectivity index (χ4v) is 7.46. The van der Waals surface area contributed by atoms with Gasteiger partial charge in [-0.15, -0.1) is 11.3 Å². The number of fused-ring (bicyclic) bond motifs is 1. The van der Waals surface area contributed by atoms with Crippen LogP contribution in [-0.2, 0) is 21.2 Å². The van der Waals surface area contributed by atoms with Crippen LogP contribution in [0.4, 0.5) is 0 Å². The zero-order valence-electron chi connectivity index (χ0n) is 19.6. The van der Waals surface area contributed by atoms with Crippen molar-refractivity contribution >= 4 is 38.9 Å². The summed E-state index contributed by atoms with van der Waals surface area (Å²) in [6.07, 6.45) is 0.940. The van der Waals surface area contributed by atoms with E-state index in [-0.39, 0.29) is 29.9 Å². The van der Waals surface area contributed by atoms with Crippen LogP contribution in [0.3, 0.4) is 0 Å². The number of hydrogen-bond acceptors (Lipinski definition) is 5. The van der Waals surface area contributed by atoms with Crippen LogP contribution in [0.25, 0.3) is 0 Å². The highest BCUT2D eigenvalue weighted by Gasteiger charge is 2.34. The van der Waals surface area contributed by atoms with Gasteiger partial charge in [0.25, 0.3) is 0 Å². The first-order valence-electron chi connectivity index (χ1n) is 11.7. The number of carbonyl (C=O) groups excluding carboxylic acids is 1. The Morgan fingerprint density at radius 1 is 0.971 bits per heavy atom. The second kappa shape index (κ2) is 10.0. The van der Waals surface area contributed by atoms with E-state index in [4.69, 9.17) is 11.6 Å². The lowest BCUT2D eigenvalue weighted by Crippen LogP contribution is -2.53. The molecule has 35 heavy (non-hydrogen) atoms. The standard InChI is InChI=1S/C26H28ClN3O3S2/c1-19-4-2-3-5-22(19)26-23-11-17-34-24(23)10-12-29(26)18-25(31)28-13-15-30(16-14-28)35(32,33)21-8-6-20(27)7-9-21/h2-9,11,17,26H,10,12-16,18H2,1H3. The number of aryl methyl sites for hydroxylation is 1. The summed E-state index contributed by atoms with van der Waals surface area (Å²) in [4.78, 5) is 19.0. The molecular weight excluding hydrogens is 502 g/mol. The van der Waals surface area contributed by atoms with Crippen LogP contribution in [0.1, 0.15) is 27.6 Å². The van der Waals surface area contributed by atoms with Crippen molar-refractivity contribution in [2.75, 3.05) is 39.3 Å². The van der Waals surface area contributed by atoms with Gasteiger partial charge in [0.1, 0.15) is 0 Å². The van der Waals surface area contributed by atoms with Gasteiger partial charge in [0.2, 0.25) is 15.9 Å². The van der Waals surface area contributed by atoms with Crippen molar-refractivity contribution in [2.45, 2.75) is 24.3 Å². The lowest BCUT2D eigenvalue weighted by molar-refractivity contribution is -0.134. The van der Waals surface area contributed by atoms with Crippen molar-refractivity contribution in [1.82, 2.24) is 14.1 Å². The van der Waals surface area contributed by atoms with Crippen LogP contribution in [0.5, 0.6) is 0 Å². The minimum absolute atomic E-state index is 0.0470. The van der Waals surface area contributed by atoms with Crippen LogP contribution in [0.15, 0.2) is 64.9 Å². The topological polar surface area (TPSA) is 60.9 Å². The summed E-state index contributed by atoms with van der Waals surface area (Å²) in [7, 11) is -3.60. The molecule has 1 amide bonds. The van der Waals surface area contributed by atoms with E-state index >= 15 is 0 Å². The molecule has 5 rings (SSSR count). The van der Waals surface area contributed by atoms with E-state index in [0.29, 0.717) is 24.7 Å².